The first-order valence-corrected chi connectivity index (χ1v) is 4.34. The molecule has 0 amide bonds. The second-order valence-electron chi connectivity index (χ2n) is 2.13. The predicted octanol–water partition coefficient (Wildman–Crippen LogP) is 3.66. The second-order valence-corrected chi connectivity index (χ2v) is 2.53. The highest BCUT2D eigenvalue weighted by atomic mass is 35.5. The topological polar surface area (TPSA) is 0 Å². The van der Waals surface area contributed by atoms with Gasteiger partial charge in [-0.3, -0.25) is 0 Å². The number of hydrogen-bond donors (Lipinski definition) is 0. The maximum atomic E-state index is 5.79. The van der Waals surface area contributed by atoms with E-state index in [1.807, 2.05) is 39.0 Å². The minimum Gasteiger partial charge on any atom is -0.115 e. The summed E-state index contributed by atoms with van der Waals surface area (Å²) in [5, 5.41) is 0.655. The van der Waals surface area contributed by atoms with Gasteiger partial charge >= 0.3 is 0 Å². The summed E-state index contributed by atoms with van der Waals surface area (Å²) in [7, 11) is 0. The molecule has 0 unspecified atom stereocenters. The van der Waals surface area contributed by atoms with E-state index in [0.717, 1.165) is 11.1 Å². The number of terminal acetylenes is 1. The second kappa shape index (κ2) is 5.69. The van der Waals surface area contributed by atoms with Crippen LogP contribution in [0.1, 0.15) is 25.0 Å². The molecule has 0 heterocycles. The third kappa shape index (κ3) is 2.98. The number of benzene rings is 1. The van der Waals surface area contributed by atoms with Crippen LogP contribution in [0, 0.1) is 19.3 Å². The Morgan fingerprint density at radius 2 is 1.92 bits per heavy atom. The molecule has 0 aliphatic rings. The van der Waals surface area contributed by atoms with Crippen molar-refractivity contribution in [1.82, 2.24) is 0 Å². The number of aryl methyl sites for hydroxylation is 1. The minimum atomic E-state index is 0.655. The number of rotatable bonds is 0. The van der Waals surface area contributed by atoms with Gasteiger partial charge in [-0.2, -0.15) is 0 Å². The van der Waals surface area contributed by atoms with Gasteiger partial charge in [-0.25, -0.2) is 0 Å². The molecule has 0 saturated carbocycles. The molecule has 0 saturated heterocycles. The van der Waals surface area contributed by atoms with Gasteiger partial charge in [0, 0.05) is 5.56 Å². The van der Waals surface area contributed by atoms with E-state index in [2.05, 4.69) is 5.92 Å². The number of halogens is 1. The Morgan fingerprint density at radius 3 is 2.33 bits per heavy atom. The van der Waals surface area contributed by atoms with Gasteiger partial charge in [0.1, 0.15) is 0 Å². The molecule has 0 N–H and O–H groups in total. The van der Waals surface area contributed by atoms with E-state index in [1.54, 1.807) is 0 Å². The molecular formula is C11H13Cl. The van der Waals surface area contributed by atoms with Crippen molar-refractivity contribution in [3.63, 3.8) is 0 Å². The SMILES string of the molecule is C#Cc1ccc(C)cc1Cl.CC. The predicted molar refractivity (Wildman–Crippen MR) is 55.5 cm³/mol. The van der Waals surface area contributed by atoms with Gasteiger partial charge in [0.2, 0.25) is 0 Å². The van der Waals surface area contributed by atoms with Crippen LogP contribution in [-0.4, -0.2) is 0 Å². The fourth-order valence-electron chi connectivity index (χ4n) is 0.737. The van der Waals surface area contributed by atoms with Crippen molar-refractivity contribution in [3.05, 3.63) is 34.3 Å². The van der Waals surface area contributed by atoms with Crippen molar-refractivity contribution in [3.8, 4) is 12.3 Å². The Kier molecular flexibility index (Phi) is 5.25. The molecule has 1 aromatic carbocycles. The van der Waals surface area contributed by atoms with Crippen LogP contribution >= 0.6 is 11.6 Å². The smallest absolute Gasteiger partial charge is 0.0565 e. The van der Waals surface area contributed by atoms with Crippen LogP contribution in [0.15, 0.2) is 18.2 Å². The standard InChI is InChI=1S/C9H7Cl.C2H6/c1-3-8-5-4-7(2)6-9(8)10;1-2/h1,4-6H,2H3;1-2H3. The molecule has 0 aliphatic carbocycles. The molecule has 1 aromatic rings. The summed E-state index contributed by atoms with van der Waals surface area (Å²) < 4.78 is 0. The van der Waals surface area contributed by atoms with Crippen molar-refractivity contribution in [2.45, 2.75) is 20.8 Å². The molecule has 0 radical (unpaired) electrons. The summed E-state index contributed by atoms with van der Waals surface area (Å²) in [5.74, 6) is 2.49. The first-order chi connectivity index (χ1) is 5.74. The summed E-state index contributed by atoms with van der Waals surface area (Å²) >= 11 is 5.79. The summed E-state index contributed by atoms with van der Waals surface area (Å²) in [4.78, 5) is 0. The Bertz CT molecular complexity index is 282. The van der Waals surface area contributed by atoms with Crippen LogP contribution < -0.4 is 0 Å². The fourth-order valence-corrected chi connectivity index (χ4v) is 1.03. The first-order valence-electron chi connectivity index (χ1n) is 3.97. The maximum absolute atomic E-state index is 5.79. The van der Waals surface area contributed by atoms with Gasteiger partial charge in [-0.05, 0) is 24.6 Å². The third-order valence-corrected chi connectivity index (χ3v) is 1.59. The van der Waals surface area contributed by atoms with Crippen LogP contribution in [0.25, 0.3) is 0 Å². The van der Waals surface area contributed by atoms with E-state index in [-0.39, 0.29) is 0 Å². The summed E-state index contributed by atoms with van der Waals surface area (Å²) in [6, 6.07) is 5.65. The van der Waals surface area contributed by atoms with E-state index < -0.39 is 0 Å². The molecular weight excluding hydrogens is 168 g/mol. The Labute approximate surface area is 79.6 Å². The monoisotopic (exact) mass is 180 g/mol. The van der Waals surface area contributed by atoms with Gasteiger partial charge in [-0.15, -0.1) is 6.42 Å². The van der Waals surface area contributed by atoms with Gasteiger partial charge in [0.15, 0.2) is 0 Å². The lowest BCUT2D eigenvalue weighted by atomic mass is 10.2. The maximum Gasteiger partial charge on any atom is 0.0565 e. The van der Waals surface area contributed by atoms with Crippen LogP contribution in [0.5, 0.6) is 0 Å². The van der Waals surface area contributed by atoms with Crippen molar-refractivity contribution in [2.24, 2.45) is 0 Å². The summed E-state index contributed by atoms with van der Waals surface area (Å²) in [6.07, 6.45) is 5.17. The Balaban J connectivity index is 0.000000561. The lowest BCUT2D eigenvalue weighted by molar-refractivity contribution is 1.46. The average molecular weight is 181 g/mol. The number of hydrogen-bond acceptors (Lipinski definition) is 0. The lowest BCUT2D eigenvalue weighted by Gasteiger charge is -1.95. The van der Waals surface area contributed by atoms with Gasteiger partial charge in [0.25, 0.3) is 0 Å². The third-order valence-electron chi connectivity index (χ3n) is 1.28. The molecule has 64 valence electrons. The molecule has 1 rings (SSSR count). The van der Waals surface area contributed by atoms with Gasteiger partial charge in [-0.1, -0.05) is 37.4 Å². The normalized spacial score (nSPS) is 7.92. The van der Waals surface area contributed by atoms with Crippen molar-refractivity contribution in [1.29, 1.82) is 0 Å². The van der Waals surface area contributed by atoms with E-state index in [0.29, 0.717) is 5.02 Å². The molecule has 0 aromatic heterocycles. The molecule has 0 fully saturated rings. The molecule has 0 nitrogen and oxygen atoms in total. The fraction of sp³-hybridized carbons (Fsp3) is 0.273. The summed E-state index contributed by atoms with van der Waals surface area (Å²) in [5.41, 5.74) is 1.89. The van der Waals surface area contributed by atoms with Gasteiger partial charge in [0.05, 0.1) is 5.02 Å². The van der Waals surface area contributed by atoms with Crippen molar-refractivity contribution in [2.75, 3.05) is 0 Å². The van der Waals surface area contributed by atoms with Crippen molar-refractivity contribution < 1.29 is 0 Å². The van der Waals surface area contributed by atoms with Crippen molar-refractivity contribution >= 4 is 11.6 Å². The lowest BCUT2D eigenvalue weighted by Crippen LogP contribution is -1.77. The minimum absolute atomic E-state index is 0.655. The van der Waals surface area contributed by atoms with E-state index in [9.17, 15) is 0 Å². The van der Waals surface area contributed by atoms with Crippen LogP contribution in [0.2, 0.25) is 5.02 Å². The Hall–Kier alpha value is -0.930. The highest BCUT2D eigenvalue weighted by Gasteiger charge is 1.94. The Morgan fingerprint density at radius 1 is 1.33 bits per heavy atom. The van der Waals surface area contributed by atoms with E-state index >= 15 is 0 Å². The van der Waals surface area contributed by atoms with E-state index in [1.165, 1.54) is 0 Å². The highest BCUT2D eigenvalue weighted by molar-refractivity contribution is 6.31. The molecule has 0 bridgehead atoms. The van der Waals surface area contributed by atoms with Crippen LogP contribution in [0.3, 0.4) is 0 Å². The quantitative estimate of drug-likeness (QED) is 0.535. The van der Waals surface area contributed by atoms with Crippen LogP contribution in [0.4, 0.5) is 0 Å². The molecule has 0 spiro atoms. The average Bonchev–Trinajstić information content (AvgIpc) is 2.08. The molecule has 0 atom stereocenters. The van der Waals surface area contributed by atoms with Crippen LogP contribution in [-0.2, 0) is 0 Å². The highest BCUT2D eigenvalue weighted by Crippen LogP contribution is 2.15. The zero-order valence-corrected chi connectivity index (χ0v) is 8.44. The van der Waals surface area contributed by atoms with Gasteiger partial charge < -0.3 is 0 Å². The molecule has 1 heteroatoms. The zero-order chi connectivity index (χ0) is 9.56. The molecule has 0 aliphatic heterocycles. The largest absolute Gasteiger partial charge is 0.115 e. The summed E-state index contributed by atoms with van der Waals surface area (Å²) in [6.45, 7) is 5.98. The zero-order valence-electron chi connectivity index (χ0n) is 7.69. The first kappa shape index (κ1) is 11.1. The molecule has 12 heavy (non-hydrogen) atoms. The van der Waals surface area contributed by atoms with E-state index in [4.69, 9.17) is 18.0 Å².